The van der Waals surface area contributed by atoms with Crippen LogP contribution in [0.15, 0.2) is 48.5 Å². The predicted molar refractivity (Wildman–Crippen MR) is 155 cm³/mol. The number of hydrogen-bond donors (Lipinski definition) is 2. The van der Waals surface area contributed by atoms with E-state index < -0.39 is 10.0 Å². The van der Waals surface area contributed by atoms with Crippen molar-refractivity contribution in [1.29, 1.82) is 0 Å². The lowest BCUT2D eigenvalue weighted by Gasteiger charge is -2.39. The summed E-state index contributed by atoms with van der Waals surface area (Å²) in [7, 11) is -3.30. The molecule has 10 heteroatoms. The fourth-order valence-corrected chi connectivity index (χ4v) is 5.89. The maximum atomic E-state index is 12.9. The second-order valence-corrected chi connectivity index (χ2v) is 12.0. The minimum atomic E-state index is -3.30. The standard InChI is InChI=1S/C28H40N4O4S.ClH/c1-3-32(28(33)29-23-7-5-4-6-8-23)25-17-19-31(20-18-25)21-22-9-13-26(14-10-22)36-27-15-11-24(12-16-27)30-37(2,34)35;/h9-16,23,25,30H,3-8,17-21H2,1-2H3,(H,29,33);1H. The number of nitrogens with one attached hydrogen (secondary N) is 2. The molecule has 1 aliphatic carbocycles. The van der Waals surface area contributed by atoms with Crippen LogP contribution in [0.25, 0.3) is 0 Å². The molecule has 0 spiro atoms. The molecule has 8 nitrogen and oxygen atoms in total. The average molecular weight is 565 g/mol. The van der Waals surface area contributed by atoms with Gasteiger partial charge in [-0.3, -0.25) is 9.62 Å². The molecule has 1 aliphatic heterocycles. The molecular formula is C28H41ClN4O4S. The molecule has 210 valence electrons. The van der Waals surface area contributed by atoms with Crippen LogP contribution in [0.4, 0.5) is 10.5 Å². The predicted octanol–water partition coefficient (Wildman–Crippen LogP) is 5.60. The van der Waals surface area contributed by atoms with E-state index in [1.165, 1.54) is 24.8 Å². The number of carbonyl (C=O) groups is 1. The number of likely N-dealkylation sites (tertiary alicyclic amines) is 1. The van der Waals surface area contributed by atoms with Gasteiger partial charge in [0, 0.05) is 44.0 Å². The number of piperidine rings is 1. The third kappa shape index (κ3) is 9.06. The first-order valence-corrected chi connectivity index (χ1v) is 15.3. The van der Waals surface area contributed by atoms with Crippen molar-refractivity contribution in [3.05, 3.63) is 54.1 Å². The first kappa shape index (κ1) is 30.1. The monoisotopic (exact) mass is 564 g/mol. The van der Waals surface area contributed by atoms with E-state index in [2.05, 4.69) is 34.0 Å². The molecule has 0 radical (unpaired) electrons. The summed E-state index contributed by atoms with van der Waals surface area (Å²) in [6, 6.07) is 15.7. The van der Waals surface area contributed by atoms with Crippen LogP contribution in [-0.2, 0) is 16.6 Å². The topological polar surface area (TPSA) is 91.0 Å². The van der Waals surface area contributed by atoms with Gasteiger partial charge in [0.25, 0.3) is 0 Å². The maximum absolute atomic E-state index is 12.9. The van der Waals surface area contributed by atoms with Gasteiger partial charge in [-0.25, -0.2) is 13.2 Å². The smallest absolute Gasteiger partial charge is 0.317 e. The molecule has 38 heavy (non-hydrogen) atoms. The maximum Gasteiger partial charge on any atom is 0.317 e. The molecule has 0 bridgehead atoms. The van der Waals surface area contributed by atoms with Gasteiger partial charge in [0.05, 0.1) is 6.26 Å². The van der Waals surface area contributed by atoms with Gasteiger partial charge >= 0.3 is 6.03 Å². The van der Waals surface area contributed by atoms with Crippen LogP contribution in [0.3, 0.4) is 0 Å². The number of hydrogen-bond acceptors (Lipinski definition) is 5. The van der Waals surface area contributed by atoms with E-state index in [4.69, 9.17) is 4.74 Å². The molecule has 2 fully saturated rings. The van der Waals surface area contributed by atoms with E-state index in [1.54, 1.807) is 24.3 Å². The van der Waals surface area contributed by atoms with Crippen molar-refractivity contribution < 1.29 is 17.9 Å². The van der Waals surface area contributed by atoms with Gasteiger partial charge in [-0.05, 0) is 74.6 Å². The number of nitrogens with zero attached hydrogens (tertiary/aromatic N) is 2. The van der Waals surface area contributed by atoms with Crippen LogP contribution in [0, 0.1) is 0 Å². The first-order chi connectivity index (χ1) is 17.8. The van der Waals surface area contributed by atoms with Gasteiger partial charge in [0.15, 0.2) is 0 Å². The summed E-state index contributed by atoms with van der Waals surface area (Å²) in [4.78, 5) is 17.4. The van der Waals surface area contributed by atoms with Crippen molar-refractivity contribution in [2.75, 3.05) is 30.6 Å². The van der Waals surface area contributed by atoms with Crippen molar-refractivity contribution in [2.45, 2.75) is 70.5 Å². The Morgan fingerprint density at radius 2 is 1.53 bits per heavy atom. The van der Waals surface area contributed by atoms with Crippen molar-refractivity contribution in [3.63, 3.8) is 0 Å². The first-order valence-electron chi connectivity index (χ1n) is 13.4. The quantitative estimate of drug-likeness (QED) is 0.413. The highest BCUT2D eigenvalue weighted by Crippen LogP contribution is 2.25. The van der Waals surface area contributed by atoms with Gasteiger partial charge < -0.3 is 15.0 Å². The van der Waals surface area contributed by atoms with E-state index in [9.17, 15) is 13.2 Å². The Morgan fingerprint density at radius 3 is 2.08 bits per heavy atom. The van der Waals surface area contributed by atoms with E-state index in [-0.39, 0.29) is 18.4 Å². The number of anilines is 1. The van der Waals surface area contributed by atoms with E-state index in [0.717, 1.165) is 63.9 Å². The lowest BCUT2D eigenvalue weighted by atomic mass is 9.95. The molecule has 4 rings (SSSR count). The van der Waals surface area contributed by atoms with Gasteiger partial charge in [-0.1, -0.05) is 31.4 Å². The zero-order valence-electron chi connectivity index (χ0n) is 22.4. The van der Waals surface area contributed by atoms with E-state index in [0.29, 0.717) is 23.5 Å². The third-order valence-electron chi connectivity index (χ3n) is 7.25. The number of rotatable bonds is 9. The Balaban J connectivity index is 0.00000400. The minimum absolute atomic E-state index is 0. The highest BCUT2D eigenvalue weighted by atomic mass is 35.5. The van der Waals surface area contributed by atoms with Crippen molar-refractivity contribution in [3.8, 4) is 11.5 Å². The van der Waals surface area contributed by atoms with Crippen LogP contribution in [0.2, 0.25) is 0 Å². The zero-order chi connectivity index (χ0) is 26.3. The molecule has 0 atom stereocenters. The van der Waals surface area contributed by atoms with Crippen LogP contribution < -0.4 is 14.8 Å². The molecule has 2 aromatic rings. The summed E-state index contributed by atoms with van der Waals surface area (Å²) in [5, 5.41) is 3.29. The Morgan fingerprint density at radius 1 is 0.947 bits per heavy atom. The molecule has 2 amide bonds. The second kappa shape index (κ2) is 14.1. The molecule has 1 saturated heterocycles. The lowest BCUT2D eigenvalue weighted by Crippen LogP contribution is -2.52. The van der Waals surface area contributed by atoms with Crippen LogP contribution in [-0.4, -0.2) is 62.2 Å². The highest BCUT2D eigenvalue weighted by Gasteiger charge is 2.28. The van der Waals surface area contributed by atoms with Crippen molar-refractivity contribution in [2.24, 2.45) is 0 Å². The summed E-state index contributed by atoms with van der Waals surface area (Å²) in [6.07, 6.45) is 9.08. The lowest BCUT2D eigenvalue weighted by molar-refractivity contribution is 0.117. The Kier molecular flexibility index (Phi) is 11.1. The molecule has 0 unspecified atom stereocenters. The number of carbonyl (C=O) groups excluding carboxylic acids is 1. The number of amides is 2. The molecular weight excluding hydrogens is 524 g/mol. The molecule has 1 saturated carbocycles. The van der Waals surface area contributed by atoms with E-state index >= 15 is 0 Å². The minimum Gasteiger partial charge on any atom is -0.457 e. The summed E-state index contributed by atoms with van der Waals surface area (Å²) in [6.45, 7) is 5.66. The van der Waals surface area contributed by atoms with Gasteiger partial charge in [-0.15, -0.1) is 12.4 Å². The SMILES string of the molecule is CCN(C(=O)NC1CCCCC1)C1CCN(Cc2ccc(Oc3ccc(NS(C)(=O)=O)cc3)cc2)CC1.Cl. The molecule has 2 aromatic carbocycles. The normalized spacial score (nSPS) is 17.3. The Hall–Kier alpha value is -2.49. The number of halogens is 1. The van der Waals surface area contributed by atoms with Crippen LogP contribution >= 0.6 is 12.4 Å². The Bertz CT molecular complexity index is 1110. The molecule has 2 aliphatic rings. The van der Waals surface area contributed by atoms with Crippen LogP contribution in [0.5, 0.6) is 11.5 Å². The summed E-state index contributed by atoms with van der Waals surface area (Å²) in [5.41, 5.74) is 1.72. The number of benzene rings is 2. The molecule has 1 heterocycles. The number of ether oxygens (including phenoxy) is 1. The average Bonchev–Trinajstić information content (AvgIpc) is 2.88. The number of urea groups is 1. The largest absolute Gasteiger partial charge is 0.457 e. The Labute approximate surface area is 233 Å². The zero-order valence-corrected chi connectivity index (χ0v) is 24.0. The third-order valence-corrected chi connectivity index (χ3v) is 7.86. The second-order valence-electron chi connectivity index (χ2n) is 10.2. The van der Waals surface area contributed by atoms with Crippen LogP contribution in [0.1, 0.15) is 57.4 Å². The van der Waals surface area contributed by atoms with Gasteiger partial charge in [0.2, 0.25) is 10.0 Å². The summed E-state index contributed by atoms with van der Waals surface area (Å²) < 4.78 is 31.0. The summed E-state index contributed by atoms with van der Waals surface area (Å²) in [5.74, 6) is 1.37. The van der Waals surface area contributed by atoms with Gasteiger partial charge in [-0.2, -0.15) is 0 Å². The fraction of sp³-hybridized carbons (Fsp3) is 0.536. The highest BCUT2D eigenvalue weighted by molar-refractivity contribution is 7.92. The number of sulfonamides is 1. The van der Waals surface area contributed by atoms with E-state index in [1.807, 2.05) is 17.0 Å². The van der Waals surface area contributed by atoms with Crippen molar-refractivity contribution in [1.82, 2.24) is 15.1 Å². The summed E-state index contributed by atoms with van der Waals surface area (Å²) >= 11 is 0. The molecule has 0 aromatic heterocycles. The van der Waals surface area contributed by atoms with Gasteiger partial charge in [0.1, 0.15) is 11.5 Å². The molecule has 2 N–H and O–H groups in total. The fourth-order valence-electron chi connectivity index (χ4n) is 5.32. The van der Waals surface area contributed by atoms with Crippen molar-refractivity contribution >= 4 is 34.1 Å².